The molecule has 25 heavy (non-hydrogen) atoms. The summed E-state index contributed by atoms with van der Waals surface area (Å²) in [6.07, 6.45) is 4.84. The van der Waals surface area contributed by atoms with E-state index in [4.69, 9.17) is 0 Å². The van der Waals surface area contributed by atoms with Crippen molar-refractivity contribution in [1.82, 2.24) is 10.3 Å². The van der Waals surface area contributed by atoms with Crippen LogP contribution in [0.3, 0.4) is 0 Å². The van der Waals surface area contributed by atoms with Gasteiger partial charge >= 0.3 is 0 Å². The van der Waals surface area contributed by atoms with Crippen LogP contribution in [0.2, 0.25) is 0 Å². The number of amides is 2. The number of pyridine rings is 1. The van der Waals surface area contributed by atoms with E-state index in [1.807, 2.05) is 39.0 Å². The number of benzene rings is 1. The summed E-state index contributed by atoms with van der Waals surface area (Å²) >= 11 is 0. The van der Waals surface area contributed by atoms with Crippen molar-refractivity contribution >= 4 is 23.7 Å². The van der Waals surface area contributed by atoms with E-state index in [9.17, 15) is 9.59 Å². The molecule has 0 unspecified atom stereocenters. The van der Waals surface area contributed by atoms with E-state index < -0.39 is 0 Å². The molecule has 3 rings (SSSR count). The lowest BCUT2D eigenvalue weighted by Crippen LogP contribution is -2.40. The molecule has 1 aliphatic carbocycles. The second-order valence-electron chi connectivity index (χ2n) is 7.08. The van der Waals surface area contributed by atoms with Crippen LogP contribution >= 0.6 is 0 Å². The first-order valence-corrected chi connectivity index (χ1v) is 8.22. The van der Waals surface area contributed by atoms with Gasteiger partial charge in [0.15, 0.2) is 0 Å². The van der Waals surface area contributed by atoms with Gasteiger partial charge in [0.2, 0.25) is 0 Å². The third-order valence-electron chi connectivity index (χ3n) is 3.74. The van der Waals surface area contributed by atoms with Gasteiger partial charge in [0, 0.05) is 23.1 Å². The minimum absolute atomic E-state index is 0.205. The van der Waals surface area contributed by atoms with Crippen LogP contribution in [0.4, 0.5) is 5.82 Å². The van der Waals surface area contributed by atoms with E-state index in [0.717, 1.165) is 17.7 Å². The van der Waals surface area contributed by atoms with E-state index in [2.05, 4.69) is 15.6 Å². The molecule has 0 aliphatic heterocycles. The molecule has 1 aromatic heterocycles. The van der Waals surface area contributed by atoms with Crippen molar-refractivity contribution in [3.8, 4) is 0 Å². The minimum atomic E-state index is -0.336. The largest absolute Gasteiger partial charge is 0.347 e. The van der Waals surface area contributed by atoms with Gasteiger partial charge in [-0.25, -0.2) is 4.98 Å². The number of anilines is 1. The lowest BCUT2D eigenvalue weighted by atomic mass is 10.1. The molecule has 2 aromatic rings. The highest BCUT2D eigenvalue weighted by atomic mass is 16.2. The summed E-state index contributed by atoms with van der Waals surface area (Å²) < 4.78 is 0. The van der Waals surface area contributed by atoms with E-state index >= 15 is 0 Å². The van der Waals surface area contributed by atoms with Gasteiger partial charge in [-0.15, -0.1) is 0 Å². The first-order valence-electron chi connectivity index (χ1n) is 8.22. The van der Waals surface area contributed by atoms with Crippen LogP contribution in [0.25, 0.3) is 6.08 Å². The standard InChI is InChI=1S/C20H21N3O2/c1-20(2,3)23-19(25)15-8-4-7-14(12-15)18(24)22-17-11-10-13-6-5-9-16(13)21-17/h4-8,10-12H,9H2,1-3H3,(H,23,25)(H,21,22,24). The molecule has 0 bridgehead atoms. The fraction of sp³-hybridized carbons (Fsp3) is 0.250. The molecule has 0 atom stereocenters. The van der Waals surface area contributed by atoms with Gasteiger partial charge in [-0.2, -0.15) is 0 Å². The van der Waals surface area contributed by atoms with Crippen LogP contribution in [0.15, 0.2) is 42.5 Å². The summed E-state index contributed by atoms with van der Waals surface area (Å²) in [5, 5.41) is 5.68. The van der Waals surface area contributed by atoms with Gasteiger partial charge in [0.25, 0.3) is 11.8 Å². The van der Waals surface area contributed by atoms with Crippen LogP contribution < -0.4 is 10.6 Å². The van der Waals surface area contributed by atoms with Crippen LogP contribution in [-0.4, -0.2) is 22.3 Å². The molecule has 1 aliphatic rings. The van der Waals surface area contributed by atoms with Crippen molar-refractivity contribution in [3.05, 3.63) is 64.9 Å². The smallest absolute Gasteiger partial charge is 0.256 e. The van der Waals surface area contributed by atoms with Crippen molar-refractivity contribution in [2.24, 2.45) is 0 Å². The minimum Gasteiger partial charge on any atom is -0.347 e. The number of carbonyl (C=O) groups is 2. The zero-order chi connectivity index (χ0) is 18.0. The van der Waals surface area contributed by atoms with Gasteiger partial charge in [-0.05, 0) is 56.7 Å². The van der Waals surface area contributed by atoms with E-state index in [0.29, 0.717) is 16.9 Å². The molecule has 1 heterocycles. The molecule has 0 radical (unpaired) electrons. The summed E-state index contributed by atoms with van der Waals surface area (Å²) in [4.78, 5) is 29.2. The monoisotopic (exact) mass is 335 g/mol. The third-order valence-corrected chi connectivity index (χ3v) is 3.74. The molecule has 128 valence electrons. The highest BCUT2D eigenvalue weighted by Gasteiger charge is 2.17. The van der Waals surface area contributed by atoms with Gasteiger partial charge < -0.3 is 10.6 Å². The Hall–Kier alpha value is -2.95. The van der Waals surface area contributed by atoms with Gasteiger partial charge in [0.1, 0.15) is 5.82 Å². The molecule has 2 amide bonds. The summed E-state index contributed by atoms with van der Waals surface area (Å²) in [7, 11) is 0. The summed E-state index contributed by atoms with van der Waals surface area (Å²) in [5.41, 5.74) is 2.57. The van der Waals surface area contributed by atoms with Crippen molar-refractivity contribution in [1.29, 1.82) is 0 Å². The average Bonchev–Trinajstić information content (AvgIpc) is 3.01. The number of nitrogens with one attached hydrogen (secondary N) is 2. The number of allylic oxidation sites excluding steroid dienone is 1. The fourth-order valence-corrected chi connectivity index (χ4v) is 2.60. The Bertz CT molecular complexity index is 863. The van der Waals surface area contributed by atoms with Crippen molar-refractivity contribution in [2.45, 2.75) is 32.7 Å². The van der Waals surface area contributed by atoms with Gasteiger partial charge in [-0.3, -0.25) is 9.59 Å². The molecule has 1 aromatic carbocycles. The van der Waals surface area contributed by atoms with Gasteiger partial charge in [-0.1, -0.05) is 18.2 Å². The quantitative estimate of drug-likeness (QED) is 0.903. The Morgan fingerprint density at radius 1 is 1.04 bits per heavy atom. The number of rotatable bonds is 3. The summed E-state index contributed by atoms with van der Waals surface area (Å²) in [5.74, 6) is 0.0182. The molecule has 0 saturated heterocycles. The number of hydrogen-bond donors (Lipinski definition) is 2. The van der Waals surface area contributed by atoms with Crippen molar-refractivity contribution < 1.29 is 9.59 Å². The zero-order valence-electron chi connectivity index (χ0n) is 14.6. The van der Waals surface area contributed by atoms with Crippen molar-refractivity contribution in [2.75, 3.05) is 5.32 Å². The molecular formula is C20H21N3O2. The third kappa shape index (κ3) is 4.12. The first-order chi connectivity index (χ1) is 11.8. The number of fused-ring (bicyclic) bond motifs is 1. The van der Waals surface area contributed by atoms with E-state index in [-0.39, 0.29) is 17.4 Å². The molecule has 0 saturated carbocycles. The maximum atomic E-state index is 12.5. The molecule has 0 spiro atoms. The summed E-state index contributed by atoms with van der Waals surface area (Å²) in [6, 6.07) is 10.4. The molecule has 0 fully saturated rings. The van der Waals surface area contributed by atoms with Crippen LogP contribution in [0, 0.1) is 0 Å². The second-order valence-corrected chi connectivity index (χ2v) is 7.08. The van der Waals surface area contributed by atoms with Crippen LogP contribution in [-0.2, 0) is 6.42 Å². The molecule has 5 heteroatoms. The van der Waals surface area contributed by atoms with Crippen LogP contribution in [0.1, 0.15) is 52.7 Å². The fourth-order valence-electron chi connectivity index (χ4n) is 2.60. The topological polar surface area (TPSA) is 71.1 Å². The maximum absolute atomic E-state index is 12.5. The number of aromatic nitrogens is 1. The normalized spacial score (nSPS) is 12.6. The van der Waals surface area contributed by atoms with Crippen molar-refractivity contribution in [3.63, 3.8) is 0 Å². The Balaban J connectivity index is 1.74. The predicted molar refractivity (Wildman–Crippen MR) is 98.6 cm³/mol. The highest BCUT2D eigenvalue weighted by molar-refractivity contribution is 6.05. The number of nitrogens with zero attached hydrogens (tertiary/aromatic N) is 1. The van der Waals surface area contributed by atoms with Crippen LogP contribution in [0.5, 0.6) is 0 Å². The zero-order valence-corrected chi connectivity index (χ0v) is 14.6. The Labute approximate surface area is 147 Å². The van der Waals surface area contributed by atoms with Gasteiger partial charge in [0.05, 0.1) is 5.69 Å². The highest BCUT2D eigenvalue weighted by Crippen LogP contribution is 2.20. The lowest BCUT2D eigenvalue weighted by molar-refractivity contribution is 0.0919. The molecule has 2 N–H and O–H groups in total. The predicted octanol–water partition coefficient (Wildman–Crippen LogP) is 3.43. The van der Waals surface area contributed by atoms with E-state index in [1.54, 1.807) is 30.3 Å². The molecule has 5 nitrogen and oxygen atoms in total. The number of carbonyl (C=O) groups excluding carboxylic acids is 2. The lowest BCUT2D eigenvalue weighted by Gasteiger charge is -2.20. The second kappa shape index (κ2) is 6.51. The summed E-state index contributed by atoms with van der Waals surface area (Å²) in [6.45, 7) is 5.74. The molecular weight excluding hydrogens is 314 g/mol. The SMILES string of the molecule is CC(C)(C)NC(=O)c1cccc(C(=O)Nc2ccc3c(n2)CC=C3)c1. The average molecular weight is 335 g/mol. The Kier molecular flexibility index (Phi) is 4.40. The first kappa shape index (κ1) is 16.9. The maximum Gasteiger partial charge on any atom is 0.256 e. The Morgan fingerprint density at radius 2 is 1.76 bits per heavy atom. The number of hydrogen-bond acceptors (Lipinski definition) is 3. The Morgan fingerprint density at radius 3 is 2.48 bits per heavy atom. The van der Waals surface area contributed by atoms with E-state index in [1.165, 1.54) is 0 Å².